The van der Waals surface area contributed by atoms with Crippen LogP contribution in [0.25, 0.3) is 0 Å². The van der Waals surface area contributed by atoms with E-state index >= 15 is 0 Å². The van der Waals surface area contributed by atoms with Gasteiger partial charge < -0.3 is 15.3 Å². The molecule has 7 heteroatoms. The maximum atomic E-state index is 14.2. The van der Waals surface area contributed by atoms with Crippen LogP contribution in [0.3, 0.4) is 0 Å². The first-order chi connectivity index (χ1) is 11.8. The average molecular weight is 346 g/mol. The molecule has 0 saturated carbocycles. The molecule has 2 amide bonds. The fourth-order valence-corrected chi connectivity index (χ4v) is 3.28. The van der Waals surface area contributed by atoms with Gasteiger partial charge in [0, 0.05) is 30.8 Å². The van der Waals surface area contributed by atoms with Gasteiger partial charge in [0.05, 0.1) is 0 Å². The molecule has 0 aromatic heterocycles. The summed E-state index contributed by atoms with van der Waals surface area (Å²) >= 11 is 0. The van der Waals surface area contributed by atoms with Gasteiger partial charge in [-0.25, -0.2) is 8.78 Å². The number of nitrogens with one attached hydrogen (secondary N) is 1. The molecule has 25 heavy (non-hydrogen) atoms. The van der Waals surface area contributed by atoms with E-state index in [9.17, 15) is 23.5 Å². The second-order valence-corrected chi connectivity index (χ2v) is 5.92. The Hall–Kier alpha value is -2.80. The van der Waals surface area contributed by atoms with E-state index in [1.807, 2.05) is 0 Å². The Kier molecular flexibility index (Phi) is 4.04. The highest BCUT2D eigenvalue weighted by molar-refractivity contribution is 6.09. The summed E-state index contributed by atoms with van der Waals surface area (Å²) in [7, 11) is 1.49. The number of anilines is 1. The number of likely N-dealkylation sites (N-methyl/N-ethyl adjacent to an activating group) is 1. The number of benzene rings is 2. The van der Waals surface area contributed by atoms with Crippen molar-refractivity contribution >= 4 is 17.5 Å². The van der Waals surface area contributed by atoms with Crippen LogP contribution in [-0.2, 0) is 15.1 Å². The van der Waals surface area contributed by atoms with Crippen molar-refractivity contribution in [2.75, 3.05) is 11.9 Å². The van der Waals surface area contributed by atoms with Crippen molar-refractivity contribution < 1.29 is 23.5 Å². The molecule has 5 nitrogen and oxygen atoms in total. The molecule has 3 rings (SSSR count). The van der Waals surface area contributed by atoms with Crippen molar-refractivity contribution in [1.82, 2.24) is 5.32 Å². The number of aliphatic hydroxyl groups is 1. The SMILES string of the molecule is CC(=O)N[C@]1([C@@H](O)c2cccc(F)c2F)C(=O)N(C)c2ccccc21. The zero-order chi connectivity index (χ0) is 18.4. The number of carbonyl (C=O) groups excluding carboxylic acids is 2. The minimum Gasteiger partial charge on any atom is -0.385 e. The van der Waals surface area contributed by atoms with E-state index in [1.54, 1.807) is 24.3 Å². The van der Waals surface area contributed by atoms with Crippen LogP contribution < -0.4 is 10.2 Å². The fraction of sp³-hybridized carbons (Fsp3) is 0.222. The van der Waals surface area contributed by atoms with Crippen molar-refractivity contribution in [2.24, 2.45) is 0 Å². The molecular weight excluding hydrogens is 330 g/mol. The number of fused-ring (bicyclic) bond motifs is 1. The summed E-state index contributed by atoms with van der Waals surface area (Å²) in [6.45, 7) is 1.19. The molecule has 0 bridgehead atoms. The zero-order valence-corrected chi connectivity index (χ0v) is 13.6. The predicted molar refractivity (Wildman–Crippen MR) is 86.7 cm³/mol. The van der Waals surface area contributed by atoms with Gasteiger partial charge in [0.2, 0.25) is 5.91 Å². The molecule has 2 N–H and O–H groups in total. The third-order valence-corrected chi connectivity index (χ3v) is 4.39. The summed E-state index contributed by atoms with van der Waals surface area (Å²) in [5, 5.41) is 13.4. The van der Waals surface area contributed by atoms with E-state index in [-0.39, 0.29) is 0 Å². The summed E-state index contributed by atoms with van der Waals surface area (Å²) in [5.41, 5.74) is -1.57. The topological polar surface area (TPSA) is 69.6 Å². The molecule has 2 atom stereocenters. The lowest BCUT2D eigenvalue weighted by Crippen LogP contribution is -2.55. The summed E-state index contributed by atoms with van der Waals surface area (Å²) < 4.78 is 27.9. The quantitative estimate of drug-likeness (QED) is 0.893. The Bertz CT molecular complexity index is 871. The summed E-state index contributed by atoms with van der Waals surface area (Å²) in [6, 6.07) is 9.86. The molecule has 0 aliphatic carbocycles. The molecule has 0 fully saturated rings. The Morgan fingerprint density at radius 3 is 2.56 bits per heavy atom. The summed E-state index contributed by atoms with van der Waals surface area (Å²) in [4.78, 5) is 26.0. The van der Waals surface area contributed by atoms with Crippen molar-refractivity contribution in [1.29, 1.82) is 0 Å². The molecule has 2 aromatic carbocycles. The van der Waals surface area contributed by atoms with Gasteiger partial charge in [-0.05, 0) is 12.1 Å². The molecule has 0 radical (unpaired) electrons. The number of nitrogens with zero attached hydrogens (tertiary/aromatic N) is 1. The van der Waals surface area contributed by atoms with Gasteiger partial charge in [-0.2, -0.15) is 0 Å². The Labute approximate surface area is 142 Å². The van der Waals surface area contributed by atoms with Crippen LogP contribution in [0.4, 0.5) is 14.5 Å². The van der Waals surface area contributed by atoms with Crippen LogP contribution in [0.5, 0.6) is 0 Å². The number of rotatable bonds is 3. The molecule has 0 unspecified atom stereocenters. The van der Waals surface area contributed by atoms with Crippen molar-refractivity contribution in [3.63, 3.8) is 0 Å². The molecule has 130 valence electrons. The number of amides is 2. The zero-order valence-electron chi connectivity index (χ0n) is 13.6. The number of carbonyl (C=O) groups is 2. The van der Waals surface area contributed by atoms with Crippen molar-refractivity contribution in [3.8, 4) is 0 Å². The lowest BCUT2D eigenvalue weighted by molar-refractivity contribution is -0.135. The van der Waals surface area contributed by atoms with Gasteiger partial charge in [0.15, 0.2) is 17.2 Å². The Morgan fingerprint density at radius 2 is 1.88 bits per heavy atom. The minimum absolute atomic E-state index is 0.314. The Balaban J connectivity index is 2.27. The molecule has 1 heterocycles. The second kappa shape index (κ2) is 5.93. The second-order valence-electron chi connectivity index (χ2n) is 5.92. The first-order valence-electron chi connectivity index (χ1n) is 7.59. The predicted octanol–water partition coefficient (Wildman–Crippen LogP) is 2.01. The van der Waals surface area contributed by atoms with Gasteiger partial charge in [0.1, 0.15) is 6.10 Å². The van der Waals surface area contributed by atoms with Crippen LogP contribution in [0.2, 0.25) is 0 Å². The van der Waals surface area contributed by atoms with Gasteiger partial charge >= 0.3 is 0 Å². The smallest absolute Gasteiger partial charge is 0.260 e. The van der Waals surface area contributed by atoms with Crippen LogP contribution in [0, 0.1) is 11.6 Å². The lowest BCUT2D eigenvalue weighted by Gasteiger charge is -2.34. The molecule has 2 aromatic rings. The number of aliphatic hydroxyl groups excluding tert-OH is 1. The molecular formula is C18H16F2N2O3. The van der Waals surface area contributed by atoms with E-state index in [4.69, 9.17) is 0 Å². The molecule has 0 spiro atoms. The summed E-state index contributed by atoms with van der Waals surface area (Å²) in [6.07, 6.45) is -1.81. The monoisotopic (exact) mass is 346 g/mol. The first kappa shape index (κ1) is 17.0. The van der Waals surface area contributed by atoms with Gasteiger partial charge in [0.25, 0.3) is 5.91 Å². The van der Waals surface area contributed by atoms with Crippen LogP contribution in [0.15, 0.2) is 42.5 Å². The molecule has 1 aliphatic heterocycles. The largest absolute Gasteiger partial charge is 0.385 e. The average Bonchev–Trinajstić information content (AvgIpc) is 2.79. The number of hydrogen-bond acceptors (Lipinski definition) is 3. The van der Waals surface area contributed by atoms with E-state index in [1.165, 1.54) is 31.0 Å². The highest BCUT2D eigenvalue weighted by Gasteiger charge is 2.56. The third kappa shape index (κ3) is 2.39. The van der Waals surface area contributed by atoms with Crippen LogP contribution in [0.1, 0.15) is 24.2 Å². The summed E-state index contributed by atoms with van der Waals surface area (Å²) in [5.74, 6) is -3.64. The van der Waals surface area contributed by atoms with E-state index in [0.29, 0.717) is 11.3 Å². The van der Waals surface area contributed by atoms with E-state index in [0.717, 1.165) is 6.07 Å². The number of halogens is 2. The van der Waals surface area contributed by atoms with E-state index < -0.39 is 40.7 Å². The highest BCUT2D eigenvalue weighted by Crippen LogP contribution is 2.47. The highest BCUT2D eigenvalue weighted by atomic mass is 19.2. The Morgan fingerprint density at radius 1 is 1.20 bits per heavy atom. The lowest BCUT2D eigenvalue weighted by atomic mass is 9.81. The normalized spacial score (nSPS) is 20.4. The van der Waals surface area contributed by atoms with Crippen molar-refractivity contribution in [3.05, 3.63) is 65.2 Å². The van der Waals surface area contributed by atoms with Crippen molar-refractivity contribution in [2.45, 2.75) is 18.6 Å². The van der Waals surface area contributed by atoms with E-state index in [2.05, 4.69) is 5.32 Å². The van der Waals surface area contributed by atoms with Gasteiger partial charge in [-0.15, -0.1) is 0 Å². The fourth-order valence-electron chi connectivity index (χ4n) is 3.28. The maximum absolute atomic E-state index is 14.2. The van der Waals surface area contributed by atoms with Gasteiger partial charge in [-0.1, -0.05) is 30.3 Å². The van der Waals surface area contributed by atoms with Crippen LogP contribution in [-0.4, -0.2) is 24.0 Å². The molecule has 0 saturated heterocycles. The standard InChI is InChI=1S/C18H16F2N2O3/c1-10(23)21-18(16(24)11-6-5-8-13(19)15(11)20)12-7-3-4-9-14(12)22(2)17(18)25/h3-9,16,24H,1-2H3,(H,21,23)/t16-,18+/m0/s1. The number of para-hydroxylation sites is 1. The first-order valence-corrected chi connectivity index (χ1v) is 7.59. The third-order valence-electron chi connectivity index (χ3n) is 4.39. The van der Waals surface area contributed by atoms with Gasteiger partial charge in [-0.3, -0.25) is 9.59 Å². The van der Waals surface area contributed by atoms with Crippen LogP contribution >= 0.6 is 0 Å². The molecule has 1 aliphatic rings. The minimum atomic E-state index is -1.94. The number of hydrogen-bond donors (Lipinski definition) is 2. The maximum Gasteiger partial charge on any atom is 0.260 e.